The number of hydrogen-bond acceptors (Lipinski definition) is 2. The number of urea groups is 1. The molecule has 0 saturated carbocycles. The molecule has 4 nitrogen and oxygen atoms in total. The van der Waals surface area contributed by atoms with Gasteiger partial charge in [0.2, 0.25) is 0 Å². The minimum atomic E-state index is -0.0151. The number of hydrogen-bond donors (Lipinski definition) is 3. The van der Waals surface area contributed by atoms with E-state index in [0.717, 1.165) is 19.5 Å². The summed E-state index contributed by atoms with van der Waals surface area (Å²) in [4.78, 5) is 10.8. The van der Waals surface area contributed by atoms with Gasteiger partial charge in [-0.3, -0.25) is 0 Å². The largest absolute Gasteiger partial charge is 0.333 e. The van der Waals surface area contributed by atoms with E-state index < -0.39 is 0 Å². The number of carbonyl (C=O) groups is 1. The zero-order chi connectivity index (χ0) is 10.4. The average Bonchev–Trinajstić information content (AvgIpc) is 2.58. The highest BCUT2D eigenvalue weighted by Crippen LogP contribution is 2.07. The molecule has 2 rings (SSSR count). The van der Waals surface area contributed by atoms with Crippen molar-refractivity contribution < 1.29 is 4.79 Å². The third kappa shape index (κ3) is 3.18. The minimum Gasteiger partial charge on any atom is -0.333 e. The molecule has 2 heterocycles. The molecule has 82 valence electrons. The van der Waals surface area contributed by atoms with E-state index in [4.69, 9.17) is 0 Å². The lowest BCUT2D eigenvalue weighted by Gasteiger charge is -2.23. The summed E-state index contributed by atoms with van der Waals surface area (Å²) < 4.78 is 0. The van der Waals surface area contributed by atoms with Crippen molar-refractivity contribution in [3.05, 3.63) is 0 Å². The Balaban J connectivity index is 0.000000213. The second kappa shape index (κ2) is 5.86. The Morgan fingerprint density at radius 2 is 1.86 bits per heavy atom. The van der Waals surface area contributed by atoms with Crippen molar-refractivity contribution in [3.63, 3.8) is 0 Å². The fourth-order valence-corrected chi connectivity index (χ4v) is 1.56. The Morgan fingerprint density at radius 1 is 1.21 bits per heavy atom. The van der Waals surface area contributed by atoms with Gasteiger partial charge in [0.05, 0.1) is 12.1 Å². The topological polar surface area (TPSA) is 53.2 Å². The number of piperidine rings is 1. The van der Waals surface area contributed by atoms with Crippen LogP contribution < -0.4 is 16.0 Å². The number of amides is 2. The Labute approximate surface area is 85.8 Å². The van der Waals surface area contributed by atoms with Crippen LogP contribution in [0.3, 0.4) is 0 Å². The van der Waals surface area contributed by atoms with Crippen molar-refractivity contribution in [1.29, 1.82) is 0 Å². The van der Waals surface area contributed by atoms with Gasteiger partial charge >= 0.3 is 6.03 Å². The molecular weight excluding hydrogens is 178 g/mol. The van der Waals surface area contributed by atoms with Gasteiger partial charge in [0.15, 0.2) is 0 Å². The van der Waals surface area contributed by atoms with Gasteiger partial charge in [0.1, 0.15) is 0 Å². The minimum absolute atomic E-state index is 0.0151. The van der Waals surface area contributed by atoms with Crippen molar-refractivity contribution in [2.75, 3.05) is 13.1 Å². The molecule has 2 fully saturated rings. The van der Waals surface area contributed by atoms with Crippen molar-refractivity contribution in [2.45, 2.75) is 45.2 Å². The van der Waals surface area contributed by atoms with Crippen molar-refractivity contribution in [3.8, 4) is 0 Å². The maximum Gasteiger partial charge on any atom is 0.315 e. The Morgan fingerprint density at radius 3 is 2.43 bits per heavy atom. The van der Waals surface area contributed by atoms with E-state index in [1.54, 1.807) is 0 Å². The lowest BCUT2D eigenvalue weighted by molar-refractivity contribution is 0.247. The molecule has 0 radical (unpaired) electrons. The Kier molecular flexibility index (Phi) is 4.73. The summed E-state index contributed by atoms with van der Waals surface area (Å²) in [6, 6.07) is 0.675. The van der Waals surface area contributed by atoms with Gasteiger partial charge in [0.25, 0.3) is 0 Å². The fraction of sp³-hybridized carbons (Fsp3) is 0.900. The normalized spacial score (nSPS) is 29.4. The van der Waals surface area contributed by atoms with Crippen molar-refractivity contribution >= 4 is 6.03 Å². The van der Waals surface area contributed by atoms with Gasteiger partial charge in [-0.05, 0) is 13.0 Å². The summed E-state index contributed by atoms with van der Waals surface area (Å²) in [6.45, 7) is 6.28. The first kappa shape index (κ1) is 11.3. The third-order valence-corrected chi connectivity index (χ3v) is 2.62. The number of fused-ring (bicyclic) bond motifs is 1. The van der Waals surface area contributed by atoms with Crippen LogP contribution >= 0.6 is 0 Å². The molecule has 0 bridgehead atoms. The average molecular weight is 199 g/mol. The highest BCUT2D eigenvalue weighted by atomic mass is 16.2. The van der Waals surface area contributed by atoms with Crippen LogP contribution in [0.2, 0.25) is 0 Å². The molecule has 2 amide bonds. The van der Waals surface area contributed by atoms with E-state index in [9.17, 15) is 4.79 Å². The van der Waals surface area contributed by atoms with E-state index >= 15 is 0 Å². The SMILES string of the molecule is CCCC.O=C1NC2CCNCC2N1. The predicted octanol–water partition coefficient (Wildman–Crippen LogP) is 0.836. The molecule has 4 heteroatoms. The van der Waals surface area contributed by atoms with Crippen LogP contribution in [-0.2, 0) is 0 Å². The van der Waals surface area contributed by atoms with Crippen LogP contribution in [0.25, 0.3) is 0 Å². The first-order valence-corrected chi connectivity index (χ1v) is 5.55. The molecule has 2 unspecified atom stereocenters. The molecular formula is C10H21N3O. The summed E-state index contributed by atoms with van der Waals surface area (Å²) in [6.07, 6.45) is 3.68. The first-order chi connectivity index (χ1) is 6.77. The number of unbranched alkanes of at least 4 members (excludes halogenated alkanes) is 1. The fourth-order valence-electron chi connectivity index (χ4n) is 1.56. The van der Waals surface area contributed by atoms with Gasteiger partial charge in [-0.15, -0.1) is 0 Å². The van der Waals surface area contributed by atoms with Gasteiger partial charge in [-0.2, -0.15) is 0 Å². The van der Waals surface area contributed by atoms with Gasteiger partial charge < -0.3 is 16.0 Å². The molecule has 3 N–H and O–H groups in total. The molecule has 2 aliphatic heterocycles. The third-order valence-electron chi connectivity index (χ3n) is 2.62. The molecule has 0 aromatic heterocycles. The maximum absolute atomic E-state index is 10.8. The molecule has 0 aromatic carbocycles. The molecule has 2 atom stereocenters. The van der Waals surface area contributed by atoms with Gasteiger partial charge in [0, 0.05) is 6.54 Å². The predicted molar refractivity (Wildman–Crippen MR) is 57.3 cm³/mol. The zero-order valence-corrected chi connectivity index (χ0v) is 9.10. The smallest absolute Gasteiger partial charge is 0.315 e. The lowest BCUT2D eigenvalue weighted by Crippen LogP contribution is -2.48. The number of rotatable bonds is 1. The lowest BCUT2D eigenvalue weighted by atomic mass is 10.0. The number of nitrogens with one attached hydrogen (secondary N) is 3. The summed E-state index contributed by atoms with van der Waals surface area (Å²) in [5.74, 6) is 0. The summed E-state index contributed by atoms with van der Waals surface area (Å²) >= 11 is 0. The molecule has 0 spiro atoms. The highest BCUT2D eigenvalue weighted by Gasteiger charge is 2.32. The molecule has 14 heavy (non-hydrogen) atoms. The van der Waals surface area contributed by atoms with E-state index in [1.165, 1.54) is 12.8 Å². The van der Waals surface area contributed by atoms with Gasteiger partial charge in [-0.1, -0.05) is 26.7 Å². The highest BCUT2D eigenvalue weighted by molar-refractivity contribution is 5.77. The Hall–Kier alpha value is -0.770. The van der Waals surface area contributed by atoms with Crippen LogP contribution in [0, 0.1) is 0 Å². The second-order valence-electron chi connectivity index (χ2n) is 3.82. The summed E-state index contributed by atoms with van der Waals surface area (Å²) in [5.41, 5.74) is 0. The maximum atomic E-state index is 10.8. The van der Waals surface area contributed by atoms with Crippen LogP contribution in [-0.4, -0.2) is 31.2 Å². The van der Waals surface area contributed by atoms with Crippen molar-refractivity contribution in [2.24, 2.45) is 0 Å². The molecule has 0 aromatic rings. The molecule has 2 aliphatic rings. The summed E-state index contributed by atoms with van der Waals surface area (Å²) in [5, 5.41) is 8.93. The Bertz CT molecular complexity index is 166. The van der Waals surface area contributed by atoms with Crippen LogP contribution in [0.4, 0.5) is 4.79 Å². The monoisotopic (exact) mass is 199 g/mol. The van der Waals surface area contributed by atoms with E-state index in [-0.39, 0.29) is 6.03 Å². The quantitative estimate of drug-likeness (QED) is 0.586. The van der Waals surface area contributed by atoms with Crippen LogP contribution in [0.15, 0.2) is 0 Å². The van der Waals surface area contributed by atoms with E-state index in [2.05, 4.69) is 29.8 Å². The number of carbonyl (C=O) groups excluding carboxylic acids is 1. The van der Waals surface area contributed by atoms with Crippen LogP contribution in [0.5, 0.6) is 0 Å². The second-order valence-corrected chi connectivity index (χ2v) is 3.82. The van der Waals surface area contributed by atoms with Crippen molar-refractivity contribution in [1.82, 2.24) is 16.0 Å². The van der Waals surface area contributed by atoms with Gasteiger partial charge in [-0.25, -0.2) is 4.79 Å². The molecule has 0 aliphatic carbocycles. The summed E-state index contributed by atoms with van der Waals surface area (Å²) in [7, 11) is 0. The zero-order valence-electron chi connectivity index (χ0n) is 9.10. The van der Waals surface area contributed by atoms with E-state index in [0.29, 0.717) is 12.1 Å². The first-order valence-electron chi connectivity index (χ1n) is 5.55. The standard InChI is InChI=1S/C6H11N3O.C4H10/c10-6-8-4-1-2-7-3-5(4)9-6;1-3-4-2/h4-5,7H,1-3H2,(H2,8,9,10);3-4H2,1-2H3. The molecule has 2 saturated heterocycles. The van der Waals surface area contributed by atoms with Crippen LogP contribution in [0.1, 0.15) is 33.1 Å². The van der Waals surface area contributed by atoms with E-state index in [1.807, 2.05) is 0 Å².